The van der Waals surface area contributed by atoms with Crippen molar-refractivity contribution in [3.05, 3.63) is 32.1 Å². The van der Waals surface area contributed by atoms with Gasteiger partial charge in [0.05, 0.1) is 0 Å². The zero-order chi connectivity index (χ0) is 16.7. The molecule has 1 N–H and O–H groups in total. The van der Waals surface area contributed by atoms with Crippen molar-refractivity contribution in [1.82, 2.24) is 19.1 Å². The van der Waals surface area contributed by atoms with E-state index in [1.807, 2.05) is 4.72 Å². The molecule has 2 heterocycles. The van der Waals surface area contributed by atoms with Gasteiger partial charge in [0.15, 0.2) is 0 Å². The molecular formula is C12H16N4O4S2. The normalized spacial score (nSPS) is 11.6. The molecule has 2 rings (SSSR count). The summed E-state index contributed by atoms with van der Waals surface area (Å²) in [6.45, 7) is 5.07. The highest BCUT2D eigenvalue weighted by Gasteiger charge is 2.26. The Hall–Kier alpha value is -1.94. The molecule has 0 spiro atoms. The van der Waals surface area contributed by atoms with E-state index in [2.05, 4.69) is 5.10 Å². The maximum absolute atomic E-state index is 12.3. The van der Waals surface area contributed by atoms with Crippen LogP contribution in [-0.4, -0.2) is 28.8 Å². The summed E-state index contributed by atoms with van der Waals surface area (Å²) in [4.78, 5) is 24.6. The highest BCUT2D eigenvalue weighted by molar-refractivity contribution is 7.90. The minimum Gasteiger partial charge on any atom is -0.282 e. The highest BCUT2D eigenvalue weighted by atomic mass is 32.2. The average Bonchev–Trinajstić information content (AvgIpc) is 2.91. The molecule has 120 valence electrons. The average molecular weight is 344 g/mol. The fraction of sp³-hybridized carbons (Fsp3) is 0.417. The number of aromatic nitrogens is 3. The van der Waals surface area contributed by atoms with Crippen LogP contribution >= 0.6 is 11.3 Å². The molecule has 10 heteroatoms. The van der Waals surface area contributed by atoms with Crippen LogP contribution in [0.5, 0.6) is 0 Å². The number of carbonyl (C=O) groups excluding carboxylic acids is 1. The second-order valence-electron chi connectivity index (χ2n) is 4.74. The Morgan fingerprint density at radius 2 is 2.05 bits per heavy atom. The molecule has 1 amide bonds. The Labute approximate surface area is 131 Å². The Morgan fingerprint density at radius 3 is 2.50 bits per heavy atom. The quantitative estimate of drug-likeness (QED) is 0.886. The van der Waals surface area contributed by atoms with Gasteiger partial charge >= 0.3 is 11.7 Å². The second-order valence-corrected chi connectivity index (χ2v) is 7.44. The lowest BCUT2D eigenvalue weighted by Crippen LogP contribution is -2.40. The van der Waals surface area contributed by atoms with E-state index in [0.29, 0.717) is 27.4 Å². The van der Waals surface area contributed by atoms with Gasteiger partial charge in [0, 0.05) is 18.3 Å². The van der Waals surface area contributed by atoms with Crippen molar-refractivity contribution in [3.8, 4) is 0 Å². The van der Waals surface area contributed by atoms with E-state index in [4.69, 9.17) is 0 Å². The van der Waals surface area contributed by atoms with Crippen LogP contribution in [-0.2, 0) is 23.5 Å². The molecule has 0 saturated heterocycles. The summed E-state index contributed by atoms with van der Waals surface area (Å²) in [5, 5.41) is 5.52. The van der Waals surface area contributed by atoms with E-state index in [1.54, 1.807) is 26.2 Å². The first kappa shape index (κ1) is 16.4. The first-order chi connectivity index (χ1) is 10.2. The van der Waals surface area contributed by atoms with Crippen molar-refractivity contribution in [2.45, 2.75) is 32.1 Å². The smallest absolute Gasteiger partial charge is 0.282 e. The van der Waals surface area contributed by atoms with Crippen LogP contribution < -0.4 is 10.4 Å². The summed E-state index contributed by atoms with van der Waals surface area (Å²) < 4.78 is 28.2. The molecule has 0 radical (unpaired) electrons. The van der Waals surface area contributed by atoms with Gasteiger partial charge in [-0.05, 0) is 24.8 Å². The lowest BCUT2D eigenvalue weighted by molar-refractivity contribution is 0.243. The molecule has 0 aliphatic carbocycles. The van der Waals surface area contributed by atoms with Gasteiger partial charge in [0.1, 0.15) is 10.7 Å². The molecule has 0 aliphatic rings. The highest BCUT2D eigenvalue weighted by Crippen LogP contribution is 2.25. The summed E-state index contributed by atoms with van der Waals surface area (Å²) in [5.41, 5.74) is -0.145. The molecule has 0 atom stereocenters. The van der Waals surface area contributed by atoms with Gasteiger partial charge in [-0.15, -0.1) is 21.1 Å². The number of hydrogen-bond acceptors (Lipinski definition) is 6. The van der Waals surface area contributed by atoms with Gasteiger partial charge in [-0.3, -0.25) is 4.57 Å². The van der Waals surface area contributed by atoms with Crippen molar-refractivity contribution in [2.24, 2.45) is 7.05 Å². The number of hydrogen-bond donors (Lipinski definition) is 1. The van der Waals surface area contributed by atoms with Crippen LogP contribution in [0.25, 0.3) is 0 Å². The first-order valence-corrected chi connectivity index (χ1v) is 8.82. The third kappa shape index (κ3) is 2.71. The van der Waals surface area contributed by atoms with Crippen LogP contribution in [0.2, 0.25) is 0 Å². The van der Waals surface area contributed by atoms with Crippen LogP contribution in [0, 0.1) is 13.8 Å². The minimum atomic E-state index is -4.05. The predicted octanol–water partition coefficient (Wildman–Crippen LogP) is 0.769. The summed E-state index contributed by atoms with van der Waals surface area (Å²) >= 11 is 1.28. The first-order valence-electron chi connectivity index (χ1n) is 6.45. The molecular weight excluding hydrogens is 328 g/mol. The topological polar surface area (TPSA) is 103 Å². The van der Waals surface area contributed by atoms with Crippen molar-refractivity contribution in [3.63, 3.8) is 0 Å². The van der Waals surface area contributed by atoms with Crippen LogP contribution in [0.1, 0.15) is 23.2 Å². The second kappa shape index (κ2) is 5.69. The number of carbonyl (C=O) groups is 1. The molecule has 0 unspecified atom stereocenters. The number of nitrogens with one attached hydrogen (secondary N) is 1. The van der Waals surface area contributed by atoms with Gasteiger partial charge in [-0.25, -0.2) is 22.7 Å². The van der Waals surface area contributed by atoms with Crippen LogP contribution in [0.3, 0.4) is 0 Å². The lowest BCUT2D eigenvalue weighted by atomic mass is 10.3. The third-order valence-electron chi connectivity index (χ3n) is 3.16. The Kier molecular flexibility index (Phi) is 4.25. The molecule has 0 fully saturated rings. The fourth-order valence-corrected chi connectivity index (χ4v) is 4.66. The lowest BCUT2D eigenvalue weighted by Gasteiger charge is -2.06. The number of thiophene rings is 1. The molecule has 0 aliphatic heterocycles. The Bertz CT molecular complexity index is 869. The molecule has 2 aromatic rings. The van der Waals surface area contributed by atoms with Crippen molar-refractivity contribution >= 4 is 27.4 Å². The minimum absolute atomic E-state index is 0.0607. The van der Waals surface area contributed by atoms with E-state index in [9.17, 15) is 18.0 Å². The monoisotopic (exact) mass is 344 g/mol. The van der Waals surface area contributed by atoms with E-state index in [1.165, 1.54) is 23.0 Å². The van der Waals surface area contributed by atoms with E-state index in [0.717, 1.165) is 0 Å². The van der Waals surface area contributed by atoms with E-state index < -0.39 is 21.7 Å². The van der Waals surface area contributed by atoms with Crippen molar-refractivity contribution in [2.75, 3.05) is 0 Å². The Balaban J connectivity index is 2.39. The number of amides is 1. The number of nitrogens with zero attached hydrogens (tertiary/aromatic N) is 3. The van der Waals surface area contributed by atoms with Gasteiger partial charge < -0.3 is 0 Å². The largest absolute Gasteiger partial charge is 0.360 e. The summed E-state index contributed by atoms with van der Waals surface area (Å²) in [5.74, 6) is 0.389. The molecule has 22 heavy (non-hydrogen) atoms. The molecule has 0 bridgehead atoms. The number of sulfonamides is 1. The van der Waals surface area contributed by atoms with E-state index >= 15 is 0 Å². The molecule has 0 saturated carbocycles. The number of rotatable bonds is 3. The standard InChI is InChI=1S/C12H16N4O4S2/c1-5-9-13-16(12(18)15(9)4)11(17)14-22(19,20)10-7(2)6-21-8(10)3/h6H,5H2,1-4H3,(H,14,17). The fourth-order valence-electron chi connectivity index (χ4n) is 2.09. The Morgan fingerprint density at radius 1 is 1.41 bits per heavy atom. The molecule has 2 aromatic heterocycles. The SMILES string of the molecule is CCc1nn(C(=O)NS(=O)(=O)c2c(C)csc2C)c(=O)n1C. The number of aryl methyl sites for hydroxylation is 3. The third-order valence-corrected chi connectivity index (χ3v) is 5.93. The van der Waals surface area contributed by atoms with Gasteiger partial charge in [0.25, 0.3) is 10.0 Å². The predicted molar refractivity (Wildman–Crippen MR) is 81.8 cm³/mol. The summed E-state index contributed by atoms with van der Waals surface area (Å²) in [6, 6.07) is -1.09. The summed E-state index contributed by atoms with van der Waals surface area (Å²) in [6.07, 6.45) is 0.446. The van der Waals surface area contributed by atoms with E-state index in [-0.39, 0.29) is 4.90 Å². The molecule has 0 aromatic carbocycles. The zero-order valence-corrected chi connectivity index (χ0v) is 14.2. The van der Waals surface area contributed by atoms with Crippen molar-refractivity contribution in [1.29, 1.82) is 0 Å². The van der Waals surface area contributed by atoms with Gasteiger partial charge in [-0.2, -0.15) is 0 Å². The maximum atomic E-state index is 12.3. The van der Waals surface area contributed by atoms with Crippen molar-refractivity contribution < 1.29 is 13.2 Å². The maximum Gasteiger partial charge on any atom is 0.360 e. The summed E-state index contributed by atoms with van der Waals surface area (Å²) in [7, 11) is -2.58. The van der Waals surface area contributed by atoms with Crippen LogP contribution in [0.15, 0.2) is 15.1 Å². The van der Waals surface area contributed by atoms with Gasteiger partial charge in [-0.1, -0.05) is 6.92 Å². The zero-order valence-electron chi connectivity index (χ0n) is 12.6. The van der Waals surface area contributed by atoms with Crippen LogP contribution in [0.4, 0.5) is 4.79 Å². The molecule has 8 nitrogen and oxygen atoms in total. The van der Waals surface area contributed by atoms with Gasteiger partial charge in [0.2, 0.25) is 0 Å².